The van der Waals surface area contributed by atoms with Crippen LogP contribution in [0.1, 0.15) is 25.1 Å². The van der Waals surface area contributed by atoms with Gasteiger partial charge in [0.05, 0.1) is 18.4 Å². The first-order valence-corrected chi connectivity index (χ1v) is 6.47. The van der Waals surface area contributed by atoms with Crippen molar-refractivity contribution in [1.82, 2.24) is 15.1 Å². The Hall–Kier alpha value is -1.07. The van der Waals surface area contributed by atoms with E-state index in [-0.39, 0.29) is 6.10 Å². The molecule has 1 aromatic rings. The monoisotopic (exact) mass is 254 g/mol. The van der Waals surface area contributed by atoms with Crippen molar-refractivity contribution in [3.05, 3.63) is 11.3 Å². The van der Waals surface area contributed by atoms with Gasteiger partial charge in [0.15, 0.2) is 0 Å². The highest BCUT2D eigenvalue weighted by atomic mass is 16.5. The Morgan fingerprint density at radius 3 is 2.67 bits per heavy atom. The van der Waals surface area contributed by atoms with E-state index in [0.717, 1.165) is 31.2 Å². The van der Waals surface area contributed by atoms with E-state index in [1.807, 2.05) is 18.8 Å². The molecule has 0 spiro atoms. The highest BCUT2D eigenvalue weighted by molar-refractivity contribution is 5.49. The summed E-state index contributed by atoms with van der Waals surface area (Å²) in [6.07, 6.45) is 0.281. The first-order chi connectivity index (χ1) is 8.47. The van der Waals surface area contributed by atoms with Crippen molar-refractivity contribution in [2.75, 3.05) is 32.1 Å². The largest absolute Gasteiger partial charge is 0.377 e. The summed E-state index contributed by atoms with van der Waals surface area (Å²) in [6.45, 7) is 8.60. The molecule has 0 saturated carbocycles. The second kappa shape index (κ2) is 6.75. The minimum absolute atomic E-state index is 0.281. The number of aromatic nitrogens is 2. The van der Waals surface area contributed by atoms with Gasteiger partial charge in [-0.15, -0.1) is 0 Å². The molecule has 1 aromatic heterocycles. The number of hydrogen-bond donors (Lipinski definition) is 1. The van der Waals surface area contributed by atoms with Gasteiger partial charge in [0.1, 0.15) is 5.82 Å². The van der Waals surface area contributed by atoms with Crippen LogP contribution in [0, 0.1) is 6.92 Å². The van der Waals surface area contributed by atoms with Gasteiger partial charge >= 0.3 is 0 Å². The van der Waals surface area contributed by atoms with Crippen LogP contribution >= 0.6 is 0 Å². The Balaban J connectivity index is 2.74. The molecule has 0 fully saturated rings. The van der Waals surface area contributed by atoms with Crippen LogP contribution in [-0.2, 0) is 18.3 Å². The van der Waals surface area contributed by atoms with Crippen LogP contribution < -0.4 is 10.2 Å². The fourth-order valence-electron chi connectivity index (χ4n) is 2.08. The van der Waals surface area contributed by atoms with E-state index in [1.54, 1.807) is 0 Å². The van der Waals surface area contributed by atoms with E-state index in [9.17, 15) is 0 Å². The van der Waals surface area contributed by atoms with Crippen LogP contribution in [0.25, 0.3) is 0 Å². The molecule has 1 rings (SSSR count). The van der Waals surface area contributed by atoms with Crippen LogP contribution in [0.4, 0.5) is 5.82 Å². The smallest absolute Gasteiger partial charge is 0.131 e. The topological polar surface area (TPSA) is 42.3 Å². The van der Waals surface area contributed by atoms with Gasteiger partial charge in [0, 0.05) is 32.7 Å². The van der Waals surface area contributed by atoms with Crippen molar-refractivity contribution in [3.8, 4) is 0 Å². The maximum Gasteiger partial charge on any atom is 0.131 e. The Morgan fingerprint density at radius 1 is 1.44 bits per heavy atom. The van der Waals surface area contributed by atoms with E-state index >= 15 is 0 Å². The predicted octanol–water partition coefficient (Wildman–Crippen LogP) is 1.31. The predicted molar refractivity (Wildman–Crippen MR) is 75.1 cm³/mol. The SMILES string of the molecule is CNCc1c(C)nn(C)c1N(C)CCOC(C)C. The molecule has 0 saturated heterocycles. The second-order valence-corrected chi connectivity index (χ2v) is 4.88. The number of likely N-dealkylation sites (N-methyl/N-ethyl adjacent to an activating group) is 1. The Labute approximate surface area is 110 Å². The molecule has 5 heteroatoms. The number of anilines is 1. The van der Waals surface area contributed by atoms with Crippen molar-refractivity contribution < 1.29 is 4.74 Å². The van der Waals surface area contributed by atoms with Gasteiger partial charge in [0.25, 0.3) is 0 Å². The van der Waals surface area contributed by atoms with Gasteiger partial charge in [0.2, 0.25) is 0 Å². The summed E-state index contributed by atoms with van der Waals surface area (Å²) in [5.41, 5.74) is 2.34. The normalized spacial score (nSPS) is 11.3. The first-order valence-electron chi connectivity index (χ1n) is 6.47. The minimum Gasteiger partial charge on any atom is -0.377 e. The molecular formula is C13H26N4O. The summed E-state index contributed by atoms with van der Waals surface area (Å²) in [4.78, 5) is 2.20. The fourth-order valence-corrected chi connectivity index (χ4v) is 2.08. The van der Waals surface area contributed by atoms with Crippen LogP contribution in [0.3, 0.4) is 0 Å². The zero-order valence-electron chi connectivity index (χ0n) is 12.4. The summed E-state index contributed by atoms with van der Waals surface area (Å²) in [6, 6.07) is 0. The molecule has 1 heterocycles. The molecule has 0 aliphatic carbocycles. The number of aryl methyl sites for hydroxylation is 2. The van der Waals surface area contributed by atoms with Crippen molar-refractivity contribution in [2.45, 2.75) is 33.4 Å². The van der Waals surface area contributed by atoms with E-state index in [2.05, 4.69) is 43.1 Å². The van der Waals surface area contributed by atoms with Gasteiger partial charge in [-0.25, -0.2) is 0 Å². The lowest BCUT2D eigenvalue weighted by atomic mass is 10.2. The van der Waals surface area contributed by atoms with Crippen LogP contribution in [0.2, 0.25) is 0 Å². The summed E-state index contributed by atoms with van der Waals surface area (Å²) in [5, 5.41) is 7.68. The third-order valence-corrected chi connectivity index (χ3v) is 2.91. The lowest BCUT2D eigenvalue weighted by Crippen LogP contribution is -2.27. The van der Waals surface area contributed by atoms with Gasteiger partial charge in [-0.3, -0.25) is 4.68 Å². The summed E-state index contributed by atoms with van der Waals surface area (Å²) in [7, 11) is 6.03. The van der Waals surface area contributed by atoms with Crippen molar-refractivity contribution in [1.29, 1.82) is 0 Å². The van der Waals surface area contributed by atoms with E-state index in [0.29, 0.717) is 0 Å². The molecule has 1 N–H and O–H groups in total. The van der Waals surface area contributed by atoms with Crippen LogP contribution in [-0.4, -0.2) is 43.1 Å². The van der Waals surface area contributed by atoms with Crippen LogP contribution in [0.15, 0.2) is 0 Å². The first kappa shape index (κ1) is 15.0. The lowest BCUT2D eigenvalue weighted by Gasteiger charge is -2.21. The highest BCUT2D eigenvalue weighted by Crippen LogP contribution is 2.21. The molecule has 0 aliphatic heterocycles. The molecule has 0 radical (unpaired) electrons. The highest BCUT2D eigenvalue weighted by Gasteiger charge is 2.16. The van der Waals surface area contributed by atoms with Gasteiger partial charge in [-0.05, 0) is 27.8 Å². The molecule has 104 valence electrons. The van der Waals surface area contributed by atoms with Gasteiger partial charge in [-0.2, -0.15) is 5.10 Å². The minimum atomic E-state index is 0.281. The van der Waals surface area contributed by atoms with Gasteiger partial charge in [-0.1, -0.05) is 0 Å². The number of rotatable bonds is 7. The molecule has 0 aliphatic rings. The van der Waals surface area contributed by atoms with Crippen molar-refractivity contribution in [3.63, 3.8) is 0 Å². The molecule has 0 atom stereocenters. The number of ether oxygens (including phenoxy) is 1. The van der Waals surface area contributed by atoms with E-state index < -0.39 is 0 Å². The molecule has 0 unspecified atom stereocenters. The van der Waals surface area contributed by atoms with Crippen molar-refractivity contribution >= 4 is 5.82 Å². The number of hydrogen-bond acceptors (Lipinski definition) is 4. The molecule has 0 amide bonds. The summed E-state index contributed by atoms with van der Waals surface area (Å²) in [5.74, 6) is 1.16. The summed E-state index contributed by atoms with van der Waals surface area (Å²) >= 11 is 0. The zero-order valence-corrected chi connectivity index (χ0v) is 12.4. The average molecular weight is 254 g/mol. The maximum atomic E-state index is 5.59. The molecule has 5 nitrogen and oxygen atoms in total. The molecule has 0 bridgehead atoms. The number of nitrogens with zero attached hydrogens (tertiary/aromatic N) is 3. The Morgan fingerprint density at radius 2 is 2.11 bits per heavy atom. The average Bonchev–Trinajstić information content (AvgIpc) is 2.54. The standard InChI is InChI=1S/C13H26N4O/c1-10(2)18-8-7-16(5)13-12(9-14-4)11(3)15-17(13)6/h10,14H,7-9H2,1-6H3. The Kier molecular flexibility index (Phi) is 5.62. The Bertz CT molecular complexity index is 373. The van der Waals surface area contributed by atoms with E-state index in [4.69, 9.17) is 4.74 Å². The maximum absolute atomic E-state index is 5.59. The van der Waals surface area contributed by atoms with E-state index in [1.165, 1.54) is 5.56 Å². The third-order valence-electron chi connectivity index (χ3n) is 2.91. The second-order valence-electron chi connectivity index (χ2n) is 4.88. The molecule has 18 heavy (non-hydrogen) atoms. The molecule has 0 aromatic carbocycles. The third kappa shape index (κ3) is 3.71. The van der Waals surface area contributed by atoms with Crippen molar-refractivity contribution in [2.24, 2.45) is 7.05 Å². The zero-order chi connectivity index (χ0) is 13.7. The number of nitrogens with one attached hydrogen (secondary N) is 1. The quantitative estimate of drug-likeness (QED) is 0.796. The fraction of sp³-hybridized carbons (Fsp3) is 0.769. The van der Waals surface area contributed by atoms with Gasteiger partial charge < -0.3 is 15.0 Å². The molecular weight excluding hydrogens is 228 g/mol. The van der Waals surface area contributed by atoms with Crippen LogP contribution in [0.5, 0.6) is 0 Å². The lowest BCUT2D eigenvalue weighted by molar-refractivity contribution is 0.0844. The summed E-state index contributed by atoms with van der Waals surface area (Å²) < 4.78 is 7.54.